The molecule has 0 unspecified atom stereocenters. The van der Waals surface area contributed by atoms with Crippen molar-refractivity contribution >= 4 is 45.8 Å². The van der Waals surface area contributed by atoms with Gasteiger partial charge in [-0.3, -0.25) is 9.59 Å². The Morgan fingerprint density at radius 3 is 2.10 bits per heavy atom. The molecule has 4 nitrogen and oxygen atoms in total. The van der Waals surface area contributed by atoms with Gasteiger partial charge >= 0.3 is 0 Å². The molecular formula is C16H13IN2O2. The third kappa shape index (κ3) is 4.16. The second kappa shape index (κ2) is 7.03. The van der Waals surface area contributed by atoms with E-state index in [1.807, 2.05) is 18.2 Å². The summed E-state index contributed by atoms with van der Waals surface area (Å²) in [6.45, 7) is 3.39. The van der Waals surface area contributed by atoms with Gasteiger partial charge in [0.05, 0.1) is 5.56 Å². The first-order valence-corrected chi connectivity index (χ1v) is 7.27. The summed E-state index contributed by atoms with van der Waals surface area (Å²) < 4.78 is 0.891. The lowest BCUT2D eigenvalue weighted by Crippen LogP contribution is -2.13. The van der Waals surface area contributed by atoms with Gasteiger partial charge in [-0.1, -0.05) is 18.7 Å². The molecule has 0 radical (unpaired) electrons. The predicted molar refractivity (Wildman–Crippen MR) is 92.4 cm³/mol. The van der Waals surface area contributed by atoms with E-state index in [2.05, 4.69) is 39.8 Å². The van der Waals surface area contributed by atoms with Crippen molar-refractivity contribution in [1.29, 1.82) is 0 Å². The van der Waals surface area contributed by atoms with Crippen molar-refractivity contribution in [2.75, 3.05) is 10.6 Å². The van der Waals surface area contributed by atoms with Crippen LogP contribution in [-0.2, 0) is 4.79 Å². The van der Waals surface area contributed by atoms with E-state index in [9.17, 15) is 9.59 Å². The van der Waals surface area contributed by atoms with Gasteiger partial charge in [-0.2, -0.15) is 0 Å². The van der Waals surface area contributed by atoms with Crippen LogP contribution in [0.25, 0.3) is 0 Å². The number of nitrogens with one attached hydrogen (secondary N) is 2. The van der Waals surface area contributed by atoms with Crippen LogP contribution in [-0.4, -0.2) is 11.8 Å². The summed E-state index contributed by atoms with van der Waals surface area (Å²) in [6, 6.07) is 14.2. The van der Waals surface area contributed by atoms with Crippen LogP contribution in [0.5, 0.6) is 0 Å². The van der Waals surface area contributed by atoms with E-state index in [4.69, 9.17) is 0 Å². The maximum Gasteiger partial charge on any atom is 0.256 e. The summed E-state index contributed by atoms with van der Waals surface area (Å²) in [5.74, 6) is -0.437. The van der Waals surface area contributed by atoms with Crippen LogP contribution in [0.2, 0.25) is 0 Å². The van der Waals surface area contributed by atoms with E-state index in [1.54, 1.807) is 30.3 Å². The topological polar surface area (TPSA) is 58.2 Å². The Morgan fingerprint density at radius 1 is 0.952 bits per heavy atom. The first-order chi connectivity index (χ1) is 10.1. The van der Waals surface area contributed by atoms with E-state index in [-0.39, 0.29) is 11.8 Å². The molecule has 0 aliphatic heterocycles. The lowest BCUT2D eigenvalue weighted by molar-refractivity contribution is -0.111. The lowest BCUT2D eigenvalue weighted by Gasteiger charge is -2.08. The van der Waals surface area contributed by atoms with E-state index in [0.29, 0.717) is 16.9 Å². The quantitative estimate of drug-likeness (QED) is 0.616. The largest absolute Gasteiger partial charge is 0.323 e. The van der Waals surface area contributed by atoms with Gasteiger partial charge in [0.2, 0.25) is 5.91 Å². The summed E-state index contributed by atoms with van der Waals surface area (Å²) >= 11 is 2.12. The number of hydrogen-bond donors (Lipinski definition) is 2. The second-order valence-electron chi connectivity index (χ2n) is 4.20. The molecule has 0 heterocycles. The molecule has 0 fully saturated rings. The highest BCUT2D eigenvalue weighted by Crippen LogP contribution is 2.17. The Hall–Kier alpha value is -2.15. The van der Waals surface area contributed by atoms with Gasteiger partial charge in [0.25, 0.3) is 5.91 Å². The summed E-state index contributed by atoms with van der Waals surface area (Å²) in [4.78, 5) is 23.3. The average molecular weight is 392 g/mol. The molecule has 2 N–H and O–H groups in total. The molecule has 21 heavy (non-hydrogen) atoms. The fourth-order valence-corrected chi connectivity index (χ4v) is 2.31. The number of amides is 2. The highest BCUT2D eigenvalue weighted by Gasteiger charge is 2.09. The van der Waals surface area contributed by atoms with Gasteiger partial charge < -0.3 is 10.6 Å². The zero-order valence-corrected chi connectivity index (χ0v) is 13.3. The number of carbonyl (C=O) groups excluding carboxylic acids is 2. The minimum Gasteiger partial charge on any atom is -0.323 e. The summed E-state index contributed by atoms with van der Waals surface area (Å²) in [7, 11) is 0. The number of benzene rings is 2. The standard InChI is InChI=1S/C16H13IN2O2/c1-2-15(20)18-11-7-9-12(10-8-11)19-16(21)13-5-3-4-6-14(13)17/h2-10H,1H2,(H,18,20)(H,19,21). The minimum absolute atomic E-state index is 0.164. The zero-order chi connectivity index (χ0) is 15.2. The van der Waals surface area contributed by atoms with Crippen molar-refractivity contribution in [3.8, 4) is 0 Å². The summed E-state index contributed by atoms with van der Waals surface area (Å²) in [5.41, 5.74) is 1.94. The molecule has 2 amide bonds. The summed E-state index contributed by atoms with van der Waals surface area (Å²) in [6.07, 6.45) is 1.20. The lowest BCUT2D eigenvalue weighted by atomic mass is 10.2. The Morgan fingerprint density at radius 2 is 1.52 bits per heavy atom. The zero-order valence-electron chi connectivity index (χ0n) is 11.1. The molecule has 5 heteroatoms. The van der Waals surface area contributed by atoms with Crippen LogP contribution in [0.4, 0.5) is 11.4 Å². The number of anilines is 2. The molecular weight excluding hydrogens is 379 g/mol. The fourth-order valence-electron chi connectivity index (χ4n) is 1.67. The van der Waals surface area contributed by atoms with E-state index < -0.39 is 0 Å². The number of halogens is 1. The van der Waals surface area contributed by atoms with E-state index in [1.165, 1.54) is 6.08 Å². The van der Waals surface area contributed by atoms with E-state index >= 15 is 0 Å². The number of hydrogen-bond acceptors (Lipinski definition) is 2. The predicted octanol–water partition coefficient (Wildman–Crippen LogP) is 3.67. The fraction of sp³-hybridized carbons (Fsp3) is 0. The van der Waals surface area contributed by atoms with Crippen molar-refractivity contribution < 1.29 is 9.59 Å². The molecule has 0 atom stereocenters. The van der Waals surface area contributed by atoms with Crippen molar-refractivity contribution in [3.05, 3.63) is 70.3 Å². The molecule has 0 bridgehead atoms. The third-order valence-corrected chi connectivity index (χ3v) is 3.65. The van der Waals surface area contributed by atoms with Crippen molar-refractivity contribution in [1.82, 2.24) is 0 Å². The molecule has 2 aromatic carbocycles. The van der Waals surface area contributed by atoms with Gasteiger partial charge in [-0.25, -0.2) is 0 Å². The van der Waals surface area contributed by atoms with Gasteiger partial charge in [-0.15, -0.1) is 0 Å². The van der Waals surface area contributed by atoms with Gasteiger partial charge in [-0.05, 0) is 65.1 Å². The van der Waals surface area contributed by atoms with Crippen LogP contribution in [0.1, 0.15) is 10.4 Å². The van der Waals surface area contributed by atoms with Crippen LogP contribution in [0.3, 0.4) is 0 Å². The molecule has 0 saturated carbocycles. The normalized spacial score (nSPS) is 9.76. The Labute approximate surface area is 136 Å². The molecule has 106 valence electrons. The first-order valence-electron chi connectivity index (χ1n) is 6.19. The van der Waals surface area contributed by atoms with Gasteiger partial charge in [0.1, 0.15) is 0 Å². The second-order valence-corrected chi connectivity index (χ2v) is 5.37. The molecule has 2 aromatic rings. The molecule has 0 saturated heterocycles. The van der Waals surface area contributed by atoms with E-state index in [0.717, 1.165) is 3.57 Å². The molecule has 0 aromatic heterocycles. The SMILES string of the molecule is C=CC(=O)Nc1ccc(NC(=O)c2ccccc2I)cc1. The molecule has 0 aliphatic carbocycles. The molecule has 0 spiro atoms. The third-order valence-electron chi connectivity index (χ3n) is 2.71. The van der Waals surface area contributed by atoms with Crippen molar-refractivity contribution in [2.45, 2.75) is 0 Å². The highest BCUT2D eigenvalue weighted by atomic mass is 127. The van der Waals surface area contributed by atoms with Crippen LogP contribution < -0.4 is 10.6 Å². The highest BCUT2D eigenvalue weighted by molar-refractivity contribution is 14.1. The smallest absolute Gasteiger partial charge is 0.256 e. The number of rotatable bonds is 4. The molecule has 2 rings (SSSR count). The Bertz CT molecular complexity index is 681. The van der Waals surface area contributed by atoms with Crippen LogP contribution in [0, 0.1) is 3.57 Å². The van der Waals surface area contributed by atoms with Gasteiger partial charge in [0, 0.05) is 14.9 Å². The maximum atomic E-state index is 12.1. The summed E-state index contributed by atoms with van der Waals surface area (Å²) in [5, 5.41) is 5.46. The van der Waals surface area contributed by atoms with Crippen molar-refractivity contribution in [2.24, 2.45) is 0 Å². The van der Waals surface area contributed by atoms with Crippen LogP contribution in [0.15, 0.2) is 61.2 Å². The maximum absolute atomic E-state index is 12.1. The monoisotopic (exact) mass is 392 g/mol. The minimum atomic E-state index is -0.273. The Balaban J connectivity index is 2.07. The average Bonchev–Trinajstić information content (AvgIpc) is 2.49. The number of carbonyl (C=O) groups is 2. The Kier molecular flexibility index (Phi) is 5.10. The first kappa shape index (κ1) is 15.2. The van der Waals surface area contributed by atoms with Crippen LogP contribution >= 0.6 is 22.6 Å². The van der Waals surface area contributed by atoms with Crippen molar-refractivity contribution in [3.63, 3.8) is 0 Å². The van der Waals surface area contributed by atoms with Gasteiger partial charge in [0.15, 0.2) is 0 Å². The molecule has 0 aliphatic rings.